The summed E-state index contributed by atoms with van der Waals surface area (Å²) in [6.45, 7) is 10.2. The molecule has 1 N–H and O–H groups in total. The largest absolute Gasteiger partial charge is 0.469 e. The van der Waals surface area contributed by atoms with Gasteiger partial charge in [-0.1, -0.05) is 12.2 Å². The van der Waals surface area contributed by atoms with Crippen LogP contribution >= 0.6 is 24.0 Å². The molecule has 0 aromatic carbocycles. The maximum absolute atomic E-state index is 5.44. The van der Waals surface area contributed by atoms with Crippen molar-refractivity contribution in [3.05, 3.63) is 36.3 Å². The summed E-state index contributed by atoms with van der Waals surface area (Å²) < 4.78 is 10.8. The van der Waals surface area contributed by atoms with Crippen molar-refractivity contribution in [2.45, 2.75) is 26.2 Å². The van der Waals surface area contributed by atoms with Gasteiger partial charge in [0.15, 0.2) is 5.96 Å². The highest BCUT2D eigenvalue weighted by molar-refractivity contribution is 14.0. The van der Waals surface area contributed by atoms with Crippen molar-refractivity contribution >= 4 is 29.9 Å². The third-order valence-corrected chi connectivity index (χ3v) is 3.97. The number of nitrogens with one attached hydrogen (secondary N) is 1. The number of hydrogen-bond acceptors (Lipinski definition) is 3. The smallest absolute Gasteiger partial charge is 0.194 e. The summed E-state index contributed by atoms with van der Waals surface area (Å²) in [5.41, 5.74) is 1.06. The van der Waals surface area contributed by atoms with E-state index >= 15 is 0 Å². The second-order valence-corrected chi connectivity index (χ2v) is 6.29. The summed E-state index contributed by atoms with van der Waals surface area (Å²) in [6, 6.07) is 3.92. The molecule has 0 unspecified atom stereocenters. The van der Waals surface area contributed by atoms with E-state index in [0.29, 0.717) is 12.5 Å². The lowest BCUT2D eigenvalue weighted by molar-refractivity contribution is 0.0610. The molecule has 1 aromatic heterocycles. The Balaban J connectivity index is 0.00000288. The van der Waals surface area contributed by atoms with E-state index in [0.717, 1.165) is 62.9 Å². The Morgan fingerprint density at radius 1 is 1.42 bits per heavy atom. The number of ether oxygens (including phenoxy) is 1. The van der Waals surface area contributed by atoms with Crippen LogP contribution in [0.2, 0.25) is 0 Å². The molecular formula is C18H30IN3O2. The monoisotopic (exact) mass is 447 g/mol. The maximum atomic E-state index is 5.44. The molecule has 136 valence electrons. The molecule has 1 aromatic rings. The van der Waals surface area contributed by atoms with Gasteiger partial charge >= 0.3 is 0 Å². The first-order chi connectivity index (χ1) is 11.1. The fourth-order valence-electron chi connectivity index (χ4n) is 2.68. The standard InChI is InChI=1S/C18H29N3O2.HI/c1-15(2)13-20-18(19-9-6-17-5-4-10-23-17)21(3)14-16-7-11-22-12-8-16;/h4-5,10,16H,1,6-9,11-14H2,2-3H3,(H,19,20);1H. The van der Waals surface area contributed by atoms with Gasteiger partial charge in [0.05, 0.1) is 12.8 Å². The zero-order chi connectivity index (χ0) is 16.5. The number of guanidine groups is 1. The molecule has 2 rings (SSSR count). The molecular weight excluding hydrogens is 417 g/mol. The van der Waals surface area contributed by atoms with Crippen LogP contribution in [0.4, 0.5) is 0 Å². The van der Waals surface area contributed by atoms with Crippen LogP contribution in [0, 0.1) is 5.92 Å². The summed E-state index contributed by atoms with van der Waals surface area (Å²) in [5.74, 6) is 2.60. The van der Waals surface area contributed by atoms with E-state index in [-0.39, 0.29) is 24.0 Å². The third-order valence-electron chi connectivity index (χ3n) is 3.97. The summed E-state index contributed by atoms with van der Waals surface area (Å²) >= 11 is 0. The van der Waals surface area contributed by atoms with Crippen molar-refractivity contribution in [1.29, 1.82) is 0 Å². The first-order valence-electron chi connectivity index (χ1n) is 8.39. The van der Waals surface area contributed by atoms with Crippen molar-refractivity contribution in [3.63, 3.8) is 0 Å². The lowest BCUT2D eigenvalue weighted by atomic mass is 10.00. The van der Waals surface area contributed by atoms with E-state index < -0.39 is 0 Å². The quantitative estimate of drug-likeness (QED) is 0.302. The number of furan rings is 1. The van der Waals surface area contributed by atoms with Gasteiger partial charge in [-0.25, -0.2) is 4.99 Å². The van der Waals surface area contributed by atoms with Crippen molar-refractivity contribution in [3.8, 4) is 0 Å². The van der Waals surface area contributed by atoms with Crippen LogP contribution < -0.4 is 5.32 Å². The average Bonchev–Trinajstić information content (AvgIpc) is 3.04. The van der Waals surface area contributed by atoms with Crippen LogP contribution in [0.1, 0.15) is 25.5 Å². The Labute approximate surface area is 162 Å². The van der Waals surface area contributed by atoms with Crippen LogP contribution in [-0.4, -0.2) is 50.8 Å². The lowest BCUT2D eigenvalue weighted by Crippen LogP contribution is -2.43. The normalized spacial score (nSPS) is 15.7. The fraction of sp³-hybridized carbons (Fsp3) is 0.611. The Hall–Kier alpha value is -1.02. The van der Waals surface area contributed by atoms with E-state index in [1.54, 1.807) is 6.26 Å². The van der Waals surface area contributed by atoms with Crippen molar-refractivity contribution in [2.24, 2.45) is 10.9 Å². The van der Waals surface area contributed by atoms with Gasteiger partial charge in [0.1, 0.15) is 5.76 Å². The van der Waals surface area contributed by atoms with Gasteiger partial charge in [-0.15, -0.1) is 24.0 Å². The first-order valence-corrected chi connectivity index (χ1v) is 8.39. The summed E-state index contributed by atoms with van der Waals surface area (Å²) in [6.07, 6.45) is 4.82. The van der Waals surface area contributed by atoms with Gasteiger partial charge in [0, 0.05) is 39.8 Å². The molecule has 5 nitrogen and oxygen atoms in total. The first kappa shape index (κ1) is 21.0. The highest BCUT2D eigenvalue weighted by Gasteiger charge is 2.17. The van der Waals surface area contributed by atoms with E-state index in [9.17, 15) is 0 Å². The summed E-state index contributed by atoms with van der Waals surface area (Å²) in [5, 5.41) is 3.45. The molecule has 0 bridgehead atoms. The second-order valence-electron chi connectivity index (χ2n) is 6.29. The minimum atomic E-state index is 0. The third kappa shape index (κ3) is 7.70. The van der Waals surface area contributed by atoms with Gasteiger partial charge < -0.3 is 19.4 Å². The predicted molar refractivity (Wildman–Crippen MR) is 109 cm³/mol. The number of rotatable bonds is 7. The Morgan fingerprint density at radius 2 is 2.17 bits per heavy atom. The van der Waals surface area contributed by atoms with Crippen LogP contribution in [0.25, 0.3) is 0 Å². The molecule has 0 radical (unpaired) electrons. The van der Waals surface area contributed by atoms with Gasteiger partial charge in [0.25, 0.3) is 0 Å². The minimum Gasteiger partial charge on any atom is -0.469 e. The number of nitrogens with zero attached hydrogens (tertiary/aromatic N) is 2. The van der Waals surface area contributed by atoms with Crippen molar-refractivity contribution in [1.82, 2.24) is 10.2 Å². The Bertz CT molecular complexity index is 496. The highest BCUT2D eigenvalue weighted by atomic mass is 127. The average molecular weight is 447 g/mol. The number of halogens is 1. The van der Waals surface area contributed by atoms with Crippen molar-refractivity contribution < 1.29 is 9.15 Å². The van der Waals surface area contributed by atoms with E-state index in [1.807, 2.05) is 19.1 Å². The number of hydrogen-bond donors (Lipinski definition) is 1. The molecule has 24 heavy (non-hydrogen) atoms. The van der Waals surface area contributed by atoms with E-state index in [2.05, 4.69) is 28.8 Å². The lowest BCUT2D eigenvalue weighted by Gasteiger charge is -2.29. The molecule has 0 saturated carbocycles. The minimum absolute atomic E-state index is 0. The highest BCUT2D eigenvalue weighted by Crippen LogP contribution is 2.15. The van der Waals surface area contributed by atoms with Crippen LogP contribution in [0.5, 0.6) is 0 Å². The van der Waals surface area contributed by atoms with Gasteiger partial charge in [0.2, 0.25) is 0 Å². The second kappa shape index (κ2) is 11.5. The molecule has 1 fully saturated rings. The molecule has 0 amide bonds. The topological polar surface area (TPSA) is 50.0 Å². The molecule has 0 spiro atoms. The molecule has 1 aliphatic heterocycles. The van der Waals surface area contributed by atoms with E-state index in [1.165, 1.54) is 0 Å². The molecule has 1 aliphatic rings. The van der Waals surface area contributed by atoms with Crippen molar-refractivity contribution in [2.75, 3.05) is 39.9 Å². The Morgan fingerprint density at radius 3 is 2.79 bits per heavy atom. The fourth-order valence-corrected chi connectivity index (χ4v) is 2.68. The molecule has 0 atom stereocenters. The molecule has 2 heterocycles. The summed E-state index contributed by atoms with van der Waals surface area (Å²) in [7, 11) is 2.10. The summed E-state index contributed by atoms with van der Waals surface area (Å²) in [4.78, 5) is 6.90. The van der Waals surface area contributed by atoms with Gasteiger partial charge in [-0.3, -0.25) is 0 Å². The number of aliphatic imine (C=N–C) groups is 1. The predicted octanol–water partition coefficient (Wildman–Crippen LogP) is 3.32. The van der Waals surface area contributed by atoms with Crippen LogP contribution in [-0.2, 0) is 11.2 Å². The zero-order valence-corrected chi connectivity index (χ0v) is 17.1. The zero-order valence-electron chi connectivity index (χ0n) is 14.8. The molecule has 1 saturated heterocycles. The maximum Gasteiger partial charge on any atom is 0.194 e. The van der Waals surface area contributed by atoms with Gasteiger partial charge in [-0.2, -0.15) is 0 Å². The SMILES string of the molecule is C=C(C)CN=C(NCCc1ccco1)N(C)CC1CCOCC1.I. The molecule has 6 heteroatoms. The van der Waals surface area contributed by atoms with Gasteiger partial charge in [-0.05, 0) is 37.8 Å². The Kier molecular flexibility index (Phi) is 10.1. The molecule has 0 aliphatic carbocycles. The van der Waals surface area contributed by atoms with E-state index in [4.69, 9.17) is 9.15 Å². The van der Waals surface area contributed by atoms with Crippen LogP contribution in [0.3, 0.4) is 0 Å². The van der Waals surface area contributed by atoms with Crippen LogP contribution in [0.15, 0.2) is 40.0 Å².